The summed E-state index contributed by atoms with van der Waals surface area (Å²) in [6.45, 7) is 1.84. The molecule has 0 bridgehead atoms. The highest BCUT2D eigenvalue weighted by Crippen LogP contribution is 2.19. The van der Waals surface area contributed by atoms with Gasteiger partial charge in [0.05, 0.1) is 6.42 Å². The molecule has 140 valence electrons. The minimum Gasteiger partial charge on any atom is -0.370 e. The minimum absolute atomic E-state index is 0.302. The van der Waals surface area contributed by atoms with Crippen LogP contribution in [0.15, 0.2) is 0 Å². The van der Waals surface area contributed by atoms with Crippen LogP contribution in [0.2, 0.25) is 0 Å². The van der Waals surface area contributed by atoms with Gasteiger partial charge in [0.25, 0.3) is 0 Å². The fourth-order valence-electron chi connectivity index (χ4n) is 2.64. The lowest BCUT2D eigenvalue weighted by molar-refractivity contribution is -0.143. The molecule has 0 aromatic heterocycles. The lowest BCUT2D eigenvalue weighted by Crippen LogP contribution is -2.56. The Morgan fingerprint density at radius 2 is 2.00 bits per heavy atom. The fourth-order valence-corrected chi connectivity index (χ4v) is 2.64. The summed E-state index contributed by atoms with van der Waals surface area (Å²) in [5.41, 5.74) is 5.18. The molecule has 0 saturated carbocycles. The molecule has 1 aliphatic heterocycles. The molecule has 10 nitrogen and oxygen atoms in total. The second kappa shape index (κ2) is 9.00. The van der Waals surface area contributed by atoms with E-state index in [2.05, 4.69) is 10.6 Å². The van der Waals surface area contributed by atoms with Crippen LogP contribution in [0.25, 0.3) is 0 Å². The van der Waals surface area contributed by atoms with Crippen molar-refractivity contribution in [3.8, 4) is 0 Å². The van der Waals surface area contributed by atoms with E-state index < -0.39 is 35.8 Å². The Morgan fingerprint density at radius 3 is 2.52 bits per heavy atom. The van der Waals surface area contributed by atoms with E-state index in [0.29, 0.717) is 25.8 Å². The van der Waals surface area contributed by atoms with E-state index in [1.807, 2.05) is 0 Å². The van der Waals surface area contributed by atoms with Crippen molar-refractivity contribution in [2.45, 2.75) is 44.3 Å². The number of hydrogen-bond donors (Lipinski definition) is 3. The molecular formula is C15H25N5O5. The average molecular weight is 355 g/mol. The van der Waals surface area contributed by atoms with Crippen LogP contribution >= 0.6 is 0 Å². The zero-order valence-electron chi connectivity index (χ0n) is 14.7. The van der Waals surface area contributed by atoms with Crippen LogP contribution in [-0.2, 0) is 24.0 Å². The summed E-state index contributed by atoms with van der Waals surface area (Å²) in [5.74, 6) is -2.20. The van der Waals surface area contributed by atoms with E-state index in [9.17, 15) is 24.0 Å². The number of rotatable bonds is 8. The van der Waals surface area contributed by atoms with Gasteiger partial charge >= 0.3 is 0 Å². The number of nitrogens with two attached hydrogens (primary N) is 1. The Labute approximate surface area is 146 Å². The van der Waals surface area contributed by atoms with Crippen LogP contribution in [-0.4, -0.2) is 78.6 Å². The summed E-state index contributed by atoms with van der Waals surface area (Å²) in [6, 6.07) is -2.65. The van der Waals surface area contributed by atoms with Crippen molar-refractivity contribution in [2.24, 2.45) is 5.73 Å². The smallest absolute Gasteiger partial charge is 0.246 e. The molecule has 0 radical (unpaired) electrons. The van der Waals surface area contributed by atoms with Crippen molar-refractivity contribution in [2.75, 3.05) is 20.6 Å². The molecule has 0 unspecified atom stereocenters. The summed E-state index contributed by atoms with van der Waals surface area (Å²) in [7, 11) is 2.90. The van der Waals surface area contributed by atoms with Crippen LogP contribution in [0.4, 0.5) is 0 Å². The first-order valence-corrected chi connectivity index (χ1v) is 8.00. The third-order valence-corrected chi connectivity index (χ3v) is 4.26. The second-order valence-electron chi connectivity index (χ2n) is 5.98. The number of carbonyl (C=O) groups is 5. The molecule has 5 amide bonds. The molecule has 0 aromatic carbocycles. The van der Waals surface area contributed by atoms with Crippen LogP contribution in [0.3, 0.4) is 0 Å². The molecular weight excluding hydrogens is 330 g/mol. The van der Waals surface area contributed by atoms with Crippen molar-refractivity contribution in [3.05, 3.63) is 0 Å². The molecule has 1 saturated heterocycles. The number of hydrogen-bond acceptors (Lipinski definition) is 5. The molecule has 25 heavy (non-hydrogen) atoms. The van der Waals surface area contributed by atoms with E-state index in [1.165, 1.54) is 25.9 Å². The van der Waals surface area contributed by atoms with Gasteiger partial charge in [-0.25, -0.2) is 0 Å². The normalized spacial score (nSPS) is 18.8. The van der Waals surface area contributed by atoms with Crippen LogP contribution < -0.4 is 16.4 Å². The van der Waals surface area contributed by atoms with Gasteiger partial charge in [0.15, 0.2) is 0 Å². The standard InChI is InChI=1S/C15H25N5O5/c1-9(19(3)8-21)13(23)18-10(7-12(16)22)15(25)20-6-4-5-11(20)14(24)17-2/h8-11H,4-7H2,1-3H3,(H2,16,22)(H,17,24)(H,18,23)/t9-,10-,11-/m0/s1. The van der Waals surface area contributed by atoms with E-state index >= 15 is 0 Å². The highest BCUT2D eigenvalue weighted by molar-refractivity contribution is 5.96. The maximum atomic E-state index is 12.7. The maximum absolute atomic E-state index is 12.7. The van der Waals surface area contributed by atoms with Crippen molar-refractivity contribution >= 4 is 30.0 Å². The quantitative estimate of drug-likeness (QED) is 0.415. The second-order valence-corrected chi connectivity index (χ2v) is 5.98. The van der Waals surface area contributed by atoms with Gasteiger partial charge in [0, 0.05) is 20.6 Å². The first-order valence-electron chi connectivity index (χ1n) is 8.00. The van der Waals surface area contributed by atoms with E-state index in [-0.39, 0.29) is 12.3 Å². The molecule has 1 heterocycles. The monoisotopic (exact) mass is 355 g/mol. The maximum Gasteiger partial charge on any atom is 0.246 e. The third-order valence-electron chi connectivity index (χ3n) is 4.26. The Morgan fingerprint density at radius 1 is 1.36 bits per heavy atom. The largest absolute Gasteiger partial charge is 0.370 e. The lowest BCUT2D eigenvalue weighted by Gasteiger charge is -2.29. The first kappa shape index (κ1) is 20.4. The minimum atomic E-state index is -1.18. The summed E-state index contributed by atoms with van der Waals surface area (Å²) in [5, 5.41) is 4.95. The molecule has 0 aromatic rings. The summed E-state index contributed by atoms with van der Waals surface area (Å²) in [4.78, 5) is 61.4. The van der Waals surface area contributed by atoms with Crippen LogP contribution in [0.1, 0.15) is 26.2 Å². The zero-order chi connectivity index (χ0) is 19.1. The summed E-state index contributed by atoms with van der Waals surface area (Å²) in [6.07, 6.45) is 1.24. The van der Waals surface area contributed by atoms with Gasteiger partial charge < -0.3 is 26.2 Å². The predicted octanol–water partition coefficient (Wildman–Crippen LogP) is -2.44. The number of nitrogens with zero attached hydrogens (tertiary/aromatic N) is 2. The van der Waals surface area contributed by atoms with Gasteiger partial charge in [-0.05, 0) is 19.8 Å². The molecule has 1 fully saturated rings. The Hall–Kier alpha value is -2.65. The fraction of sp³-hybridized carbons (Fsp3) is 0.667. The summed E-state index contributed by atoms with van der Waals surface area (Å²) < 4.78 is 0. The predicted molar refractivity (Wildman–Crippen MR) is 87.8 cm³/mol. The summed E-state index contributed by atoms with van der Waals surface area (Å²) >= 11 is 0. The zero-order valence-corrected chi connectivity index (χ0v) is 14.7. The molecule has 4 N–H and O–H groups in total. The van der Waals surface area contributed by atoms with Crippen molar-refractivity contribution < 1.29 is 24.0 Å². The van der Waals surface area contributed by atoms with Crippen molar-refractivity contribution in [3.63, 3.8) is 0 Å². The Balaban J connectivity index is 2.92. The van der Waals surface area contributed by atoms with Crippen molar-refractivity contribution in [1.29, 1.82) is 0 Å². The Kier molecular flexibility index (Phi) is 7.34. The van der Waals surface area contributed by atoms with E-state index in [4.69, 9.17) is 5.73 Å². The van der Waals surface area contributed by atoms with Crippen LogP contribution in [0, 0.1) is 0 Å². The molecule has 0 aliphatic carbocycles. The highest BCUT2D eigenvalue weighted by Gasteiger charge is 2.38. The topological polar surface area (TPSA) is 142 Å². The first-order chi connectivity index (χ1) is 11.7. The van der Waals surface area contributed by atoms with E-state index in [1.54, 1.807) is 0 Å². The number of amides is 5. The highest BCUT2D eigenvalue weighted by atomic mass is 16.2. The number of likely N-dealkylation sites (N-methyl/N-ethyl adjacent to an activating group) is 2. The molecule has 1 aliphatic rings. The van der Waals surface area contributed by atoms with Crippen molar-refractivity contribution in [1.82, 2.24) is 20.4 Å². The van der Waals surface area contributed by atoms with Gasteiger partial charge in [-0.15, -0.1) is 0 Å². The number of carbonyl (C=O) groups excluding carboxylic acids is 5. The van der Waals surface area contributed by atoms with Crippen LogP contribution in [0.5, 0.6) is 0 Å². The van der Waals surface area contributed by atoms with Gasteiger partial charge in [-0.2, -0.15) is 0 Å². The number of primary amides is 1. The molecule has 0 spiro atoms. The molecule has 3 atom stereocenters. The van der Waals surface area contributed by atoms with Gasteiger partial charge in [-0.3, -0.25) is 24.0 Å². The number of likely N-dealkylation sites (tertiary alicyclic amines) is 1. The Bertz CT molecular complexity index is 552. The van der Waals surface area contributed by atoms with Gasteiger partial charge in [0.1, 0.15) is 18.1 Å². The number of nitrogens with one attached hydrogen (secondary N) is 2. The third kappa shape index (κ3) is 5.16. The SMILES string of the molecule is CNC(=O)[C@@H]1CCCN1C(=O)[C@H](CC(N)=O)NC(=O)[C@H](C)N(C)C=O. The molecule has 10 heteroatoms. The van der Waals surface area contributed by atoms with E-state index in [0.717, 1.165) is 4.90 Å². The van der Waals surface area contributed by atoms with Gasteiger partial charge in [0.2, 0.25) is 30.0 Å². The average Bonchev–Trinajstić information content (AvgIpc) is 3.07. The molecule has 1 rings (SSSR count). The lowest BCUT2D eigenvalue weighted by atomic mass is 10.1. The van der Waals surface area contributed by atoms with Gasteiger partial charge in [-0.1, -0.05) is 0 Å².